The highest BCUT2D eigenvalue weighted by Gasteiger charge is 2.39. The number of methoxy groups -OCH3 is 1. The molecular weight excluding hydrogens is 264 g/mol. The Hall–Kier alpha value is -2.01. The largest absolute Gasteiger partial charge is 0.497 e. The van der Waals surface area contributed by atoms with Gasteiger partial charge in [-0.3, -0.25) is 9.59 Å². The van der Waals surface area contributed by atoms with Crippen molar-refractivity contribution in [3.8, 4) is 5.75 Å². The third-order valence-corrected chi connectivity index (χ3v) is 3.09. The molecule has 0 N–H and O–H groups in total. The number of thiocarbonyl (C=S) groups is 1. The molecule has 1 unspecified atom stereocenters. The summed E-state index contributed by atoms with van der Waals surface area (Å²) in [6.45, 7) is 1.33. The van der Waals surface area contributed by atoms with E-state index in [1.807, 2.05) is 0 Å². The molecule has 98 valence electrons. The number of carbonyl (C=O) groups excluding carboxylic acids is 2. The molecule has 0 aliphatic carbocycles. The number of benzene rings is 1. The van der Waals surface area contributed by atoms with Crippen molar-refractivity contribution in [3.63, 3.8) is 0 Å². The van der Waals surface area contributed by atoms with Gasteiger partial charge in [-0.2, -0.15) is 0 Å². The topological polar surface area (TPSA) is 52.6 Å². The zero-order valence-electron chi connectivity index (χ0n) is 10.5. The molecule has 1 heterocycles. The van der Waals surface area contributed by atoms with Crippen molar-refractivity contribution >= 4 is 34.9 Å². The highest BCUT2D eigenvalue weighted by Crippen LogP contribution is 2.25. The van der Waals surface area contributed by atoms with Crippen molar-refractivity contribution in [3.05, 3.63) is 35.6 Å². The second kappa shape index (κ2) is 5.32. The molecule has 1 atom stereocenters. The van der Waals surface area contributed by atoms with Crippen molar-refractivity contribution in [2.45, 2.75) is 6.92 Å². The molecule has 0 radical (unpaired) electrons. The van der Waals surface area contributed by atoms with E-state index in [2.05, 4.69) is 0 Å². The van der Waals surface area contributed by atoms with Crippen LogP contribution in [-0.2, 0) is 14.3 Å². The minimum Gasteiger partial charge on any atom is -0.497 e. The highest BCUT2D eigenvalue weighted by atomic mass is 32.1. The maximum atomic E-state index is 12.0. The molecule has 0 saturated carbocycles. The van der Waals surface area contributed by atoms with Gasteiger partial charge in [0.05, 0.1) is 7.11 Å². The van der Waals surface area contributed by atoms with Crippen molar-refractivity contribution < 1.29 is 19.1 Å². The molecule has 19 heavy (non-hydrogen) atoms. The fourth-order valence-corrected chi connectivity index (χ4v) is 2.13. The average molecular weight is 276 g/mol. The lowest BCUT2D eigenvalue weighted by molar-refractivity contribution is -0.126. The van der Waals surface area contributed by atoms with Gasteiger partial charge in [-0.1, -0.05) is 12.1 Å². The van der Waals surface area contributed by atoms with Gasteiger partial charge >= 0.3 is 0 Å². The minimum atomic E-state index is -0.945. The predicted molar refractivity (Wildman–Crippen MR) is 73.8 cm³/mol. The van der Waals surface area contributed by atoms with E-state index in [-0.39, 0.29) is 22.4 Å². The maximum Gasteiger partial charge on any atom is 0.217 e. The summed E-state index contributed by atoms with van der Waals surface area (Å²) < 4.78 is 10.2. The van der Waals surface area contributed by atoms with Gasteiger partial charge in [0.15, 0.2) is 16.7 Å². The number of ketones is 2. The molecule has 0 bridgehead atoms. The summed E-state index contributed by atoms with van der Waals surface area (Å²) in [4.78, 5) is 23.3. The summed E-state index contributed by atoms with van der Waals surface area (Å²) in [7, 11) is 1.58. The van der Waals surface area contributed by atoms with E-state index in [4.69, 9.17) is 21.7 Å². The number of hydrogen-bond donors (Lipinski definition) is 0. The predicted octanol–water partition coefficient (Wildman–Crippen LogP) is 2.17. The smallest absolute Gasteiger partial charge is 0.217 e. The van der Waals surface area contributed by atoms with Crippen molar-refractivity contribution in [1.82, 2.24) is 0 Å². The second-order valence-electron chi connectivity index (χ2n) is 4.11. The Morgan fingerprint density at radius 3 is 2.47 bits per heavy atom. The Bertz CT molecular complexity index is 572. The van der Waals surface area contributed by atoms with Gasteiger partial charge < -0.3 is 9.47 Å². The van der Waals surface area contributed by atoms with Gasteiger partial charge in [0.25, 0.3) is 0 Å². The van der Waals surface area contributed by atoms with Gasteiger partial charge in [-0.05, 0) is 42.9 Å². The van der Waals surface area contributed by atoms with E-state index in [1.165, 1.54) is 6.92 Å². The zero-order chi connectivity index (χ0) is 14.0. The van der Waals surface area contributed by atoms with Crippen LogP contribution >= 0.6 is 12.2 Å². The standard InChI is InChI=1S/C14H12O4S/c1-8(15)12-13(16)11(18-14(12)19)7-9-3-5-10(17-2)6-4-9/h3-7,12H,1-2H3. The van der Waals surface area contributed by atoms with Crippen LogP contribution in [0.4, 0.5) is 0 Å². The van der Waals surface area contributed by atoms with E-state index in [1.54, 1.807) is 37.5 Å². The molecule has 1 aliphatic rings. The zero-order valence-corrected chi connectivity index (χ0v) is 11.3. The Balaban J connectivity index is 2.27. The number of hydrogen-bond acceptors (Lipinski definition) is 5. The molecule has 4 nitrogen and oxygen atoms in total. The van der Waals surface area contributed by atoms with Crippen LogP contribution in [0.5, 0.6) is 5.75 Å². The molecule has 5 heteroatoms. The first-order valence-electron chi connectivity index (χ1n) is 5.65. The van der Waals surface area contributed by atoms with Gasteiger partial charge in [0.2, 0.25) is 5.78 Å². The first-order chi connectivity index (χ1) is 9.02. The average Bonchev–Trinajstić information content (AvgIpc) is 2.65. The number of carbonyl (C=O) groups is 2. The first-order valence-corrected chi connectivity index (χ1v) is 6.06. The molecule has 0 amide bonds. The van der Waals surface area contributed by atoms with Crippen molar-refractivity contribution in [1.29, 1.82) is 0 Å². The summed E-state index contributed by atoms with van der Waals surface area (Å²) >= 11 is 4.90. The Kier molecular flexibility index (Phi) is 3.76. The summed E-state index contributed by atoms with van der Waals surface area (Å²) in [6.07, 6.45) is 1.57. The van der Waals surface area contributed by atoms with E-state index in [9.17, 15) is 9.59 Å². The van der Waals surface area contributed by atoms with Crippen LogP contribution in [0.25, 0.3) is 6.08 Å². The summed E-state index contributed by atoms with van der Waals surface area (Å²) in [6, 6.07) is 7.11. The molecule has 1 fully saturated rings. The molecule has 0 spiro atoms. The van der Waals surface area contributed by atoms with Crippen LogP contribution in [0.2, 0.25) is 0 Å². The molecule has 1 aromatic carbocycles. The van der Waals surface area contributed by atoms with E-state index in [0.29, 0.717) is 0 Å². The van der Waals surface area contributed by atoms with E-state index in [0.717, 1.165) is 11.3 Å². The third-order valence-electron chi connectivity index (χ3n) is 2.77. The molecule has 0 aromatic heterocycles. The molecule has 2 rings (SSSR count). The number of Topliss-reactive ketones (excluding diaryl/α,β-unsaturated/α-hetero) is 2. The van der Waals surface area contributed by atoms with E-state index < -0.39 is 5.92 Å². The SMILES string of the molecule is COc1ccc(C=C2OC(=S)C(C(C)=O)C2=O)cc1. The Morgan fingerprint density at radius 1 is 1.37 bits per heavy atom. The van der Waals surface area contributed by atoms with Gasteiger partial charge in [-0.15, -0.1) is 0 Å². The number of ether oxygens (including phenoxy) is 2. The van der Waals surface area contributed by atoms with Gasteiger partial charge in [0.1, 0.15) is 11.5 Å². The number of allylic oxidation sites excluding steroid dienone is 1. The Morgan fingerprint density at radius 2 is 2.00 bits per heavy atom. The molecule has 1 aliphatic heterocycles. The first kappa shape index (κ1) is 13.4. The Labute approximate surface area is 116 Å². The monoisotopic (exact) mass is 276 g/mol. The molecule has 1 aromatic rings. The van der Waals surface area contributed by atoms with Crippen LogP contribution < -0.4 is 4.74 Å². The van der Waals surface area contributed by atoms with Crippen LogP contribution in [0.3, 0.4) is 0 Å². The lowest BCUT2D eigenvalue weighted by Gasteiger charge is -2.00. The summed E-state index contributed by atoms with van der Waals surface area (Å²) in [5.74, 6) is -0.797. The maximum absolute atomic E-state index is 12.0. The fourth-order valence-electron chi connectivity index (χ4n) is 1.77. The van der Waals surface area contributed by atoms with Crippen molar-refractivity contribution in [2.24, 2.45) is 5.92 Å². The second-order valence-corrected chi connectivity index (χ2v) is 4.51. The summed E-state index contributed by atoms with van der Waals surface area (Å²) in [5, 5.41) is 0.0252. The third kappa shape index (κ3) is 2.71. The van der Waals surface area contributed by atoms with E-state index >= 15 is 0 Å². The normalized spacial score (nSPS) is 20.5. The van der Waals surface area contributed by atoms with Crippen LogP contribution in [0.1, 0.15) is 12.5 Å². The lowest BCUT2D eigenvalue weighted by Crippen LogP contribution is -2.21. The fraction of sp³-hybridized carbons (Fsp3) is 0.214. The van der Waals surface area contributed by atoms with Gasteiger partial charge in [0, 0.05) is 0 Å². The minimum absolute atomic E-state index is 0.0252. The van der Waals surface area contributed by atoms with Crippen LogP contribution in [-0.4, -0.2) is 23.7 Å². The quantitative estimate of drug-likeness (QED) is 0.481. The lowest BCUT2D eigenvalue weighted by atomic mass is 10.0. The molecular formula is C14H12O4S. The molecule has 1 saturated heterocycles. The van der Waals surface area contributed by atoms with Gasteiger partial charge in [-0.25, -0.2) is 0 Å². The summed E-state index contributed by atoms with van der Waals surface area (Å²) in [5.41, 5.74) is 0.774. The van der Waals surface area contributed by atoms with Crippen molar-refractivity contribution in [2.75, 3.05) is 7.11 Å². The number of rotatable bonds is 3. The highest BCUT2D eigenvalue weighted by molar-refractivity contribution is 7.80. The van der Waals surface area contributed by atoms with Crippen LogP contribution in [0, 0.1) is 5.92 Å². The van der Waals surface area contributed by atoms with Crippen LogP contribution in [0.15, 0.2) is 30.0 Å².